The molecule has 3 nitrogen and oxygen atoms in total. The second-order valence-electron chi connectivity index (χ2n) is 4.34. The molecule has 1 fully saturated rings. The molecule has 0 aliphatic carbocycles. The fourth-order valence-electron chi connectivity index (χ4n) is 2.56. The predicted molar refractivity (Wildman–Crippen MR) is 67.9 cm³/mol. The van der Waals surface area contributed by atoms with Crippen LogP contribution in [0.5, 0.6) is 0 Å². The minimum Gasteiger partial charge on any atom is -0.347 e. The number of hydrogen-bond donors (Lipinski definition) is 1. The average molecular weight is 292 g/mol. The van der Waals surface area contributed by atoms with Crippen LogP contribution in [-0.4, -0.2) is 29.5 Å². The van der Waals surface area contributed by atoms with Crippen molar-refractivity contribution >= 4 is 40.9 Å². The Bertz CT molecular complexity index is 506. The molecular formula is C11H9Cl3N2O. The maximum Gasteiger partial charge on any atom is 0.253 e. The molecule has 1 saturated heterocycles. The Labute approximate surface area is 114 Å². The number of halogens is 3. The zero-order valence-corrected chi connectivity index (χ0v) is 11.0. The van der Waals surface area contributed by atoms with E-state index in [1.807, 2.05) is 6.07 Å². The maximum absolute atomic E-state index is 12.0. The van der Waals surface area contributed by atoms with Crippen LogP contribution in [0.3, 0.4) is 0 Å². The summed E-state index contributed by atoms with van der Waals surface area (Å²) in [5.74, 6) is 0.0238. The lowest BCUT2D eigenvalue weighted by Crippen LogP contribution is -2.44. The summed E-state index contributed by atoms with van der Waals surface area (Å²) in [6.07, 6.45) is 0. The van der Waals surface area contributed by atoms with Gasteiger partial charge in [-0.05, 0) is 23.4 Å². The molecule has 1 aromatic rings. The largest absolute Gasteiger partial charge is 0.347 e. The van der Waals surface area contributed by atoms with Gasteiger partial charge < -0.3 is 5.32 Å². The summed E-state index contributed by atoms with van der Waals surface area (Å²) < 4.78 is 1.69. The zero-order valence-electron chi connectivity index (χ0n) is 8.71. The fraction of sp³-hybridized carbons (Fsp3) is 0.364. The monoisotopic (exact) mass is 290 g/mol. The first-order valence-electron chi connectivity index (χ1n) is 5.27. The van der Waals surface area contributed by atoms with Gasteiger partial charge in [0.1, 0.15) is 0 Å². The maximum atomic E-state index is 12.0. The number of fused-ring (bicyclic) bond motifs is 3. The van der Waals surface area contributed by atoms with E-state index in [4.69, 9.17) is 35.0 Å². The molecule has 2 heterocycles. The molecule has 0 unspecified atom stereocenters. The van der Waals surface area contributed by atoms with Crippen LogP contribution in [0.2, 0.25) is 10.0 Å². The van der Waals surface area contributed by atoms with Crippen LogP contribution in [0.1, 0.15) is 21.8 Å². The van der Waals surface area contributed by atoms with Crippen molar-refractivity contribution in [3.05, 3.63) is 33.3 Å². The van der Waals surface area contributed by atoms with Gasteiger partial charge in [0.25, 0.3) is 5.91 Å². The Hall–Kier alpha value is -0.480. The lowest BCUT2D eigenvalue weighted by molar-refractivity contribution is 0.0924. The van der Waals surface area contributed by atoms with Gasteiger partial charge in [0.15, 0.2) is 0 Å². The highest BCUT2D eigenvalue weighted by Crippen LogP contribution is 2.39. The van der Waals surface area contributed by atoms with E-state index in [0.29, 0.717) is 28.7 Å². The van der Waals surface area contributed by atoms with E-state index in [0.717, 1.165) is 5.56 Å². The number of rotatable bonds is 0. The van der Waals surface area contributed by atoms with E-state index in [2.05, 4.69) is 5.32 Å². The number of amides is 1. The molecule has 1 N–H and O–H groups in total. The molecule has 2 aliphatic rings. The first-order valence-corrected chi connectivity index (χ1v) is 6.37. The quantitative estimate of drug-likeness (QED) is 0.745. The predicted octanol–water partition coefficient (Wildman–Crippen LogP) is 2.66. The lowest BCUT2D eigenvalue weighted by Gasteiger charge is -2.28. The van der Waals surface area contributed by atoms with Gasteiger partial charge in [-0.2, -0.15) is 0 Å². The topological polar surface area (TPSA) is 32.3 Å². The molecule has 90 valence electrons. The van der Waals surface area contributed by atoms with Crippen molar-refractivity contribution in [2.24, 2.45) is 0 Å². The normalized spacial score (nSPS) is 27.6. The van der Waals surface area contributed by atoms with Crippen molar-refractivity contribution in [1.82, 2.24) is 9.74 Å². The zero-order chi connectivity index (χ0) is 12.2. The molecule has 17 heavy (non-hydrogen) atoms. The standard InChI is InChI=1S/C11H9Cl3N2O/c12-7-2-1-5-6-3-16(14)4-8(6)15-11(17)9(5)10(7)13/h1-2,6,8H,3-4H2,(H,15,17)/t6-,8+/m0/s1. The van der Waals surface area contributed by atoms with Crippen molar-refractivity contribution in [2.75, 3.05) is 13.1 Å². The van der Waals surface area contributed by atoms with Crippen LogP contribution in [0.4, 0.5) is 0 Å². The van der Waals surface area contributed by atoms with E-state index in [9.17, 15) is 4.79 Å². The molecule has 0 aromatic heterocycles. The van der Waals surface area contributed by atoms with Gasteiger partial charge in [-0.15, -0.1) is 0 Å². The summed E-state index contributed by atoms with van der Waals surface area (Å²) in [6, 6.07) is 3.66. The van der Waals surface area contributed by atoms with Crippen molar-refractivity contribution in [2.45, 2.75) is 12.0 Å². The van der Waals surface area contributed by atoms with Crippen molar-refractivity contribution in [1.29, 1.82) is 0 Å². The minimum atomic E-state index is -0.166. The Balaban J connectivity index is 2.15. The lowest BCUT2D eigenvalue weighted by atomic mass is 9.86. The fourth-order valence-corrected chi connectivity index (χ4v) is 3.28. The Morgan fingerprint density at radius 3 is 2.82 bits per heavy atom. The third-order valence-corrected chi connectivity index (χ3v) is 4.43. The van der Waals surface area contributed by atoms with Gasteiger partial charge in [-0.25, -0.2) is 4.42 Å². The van der Waals surface area contributed by atoms with Gasteiger partial charge in [-0.3, -0.25) is 4.79 Å². The number of hydrogen-bond acceptors (Lipinski definition) is 2. The highest BCUT2D eigenvalue weighted by atomic mass is 35.5. The Morgan fingerprint density at radius 1 is 1.29 bits per heavy atom. The van der Waals surface area contributed by atoms with Crippen LogP contribution in [0.25, 0.3) is 0 Å². The second kappa shape index (κ2) is 4.02. The third kappa shape index (κ3) is 1.73. The average Bonchev–Trinajstić information content (AvgIpc) is 2.63. The Morgan fingerprint density at radius 2 is 2.06 bits per heavy atom. The van der Waals surface area contributed by atoms with Crippen molar-refractivity contribution in [3.8, 4) is 0 Å². The molecule has 0 radical (unpaired) electrons. The van der Waals surface area contributed by atoms with Crippen LogP contribution in [0.15, 0.2) is 12.1 Å². The summed E-state index contributed by atoms with van der Waals surface area (Å²) in [5.41, 5.74) is 1.43. The van der Waals surface area contributed by atoms with Gasteiger partial charge >= 0.3 is 0 Å². The number of benzene rings is 1. The van der Waals surface area contributed by atoms with Gasteiger partial charge in [0.05, 0.1) is 21.7 Å². The molecule has 1 amide bonds. The van der Waals surface area contributed by atoms with E-state index in [1.54, 1.807) is 10.5 Å². The minimum absolute atomic E-state index is 0.0599. The van der Waals surface area contributed by atoms with E-state index < -0.39 is 0 Å². The highest BCUT2D eigenvalue weighted by Gasteiger charge is 2.41. The van der Waals surface area contributed by atoms with Gasteiger partial charge in [-0.1, -0.05) is 29.3 Å². The number of nitrogens with one attached hydrogen (secondary N) is 1. The van der Waals surface area contributed by atoms with Gasteiger partial charge in [0.2, 0.25) is 0 Å². The third-order valence-electron chi connectivity index (χ3n) is 3.35. The van der Waals surface area contributed by atoms with E-state index >= 15 is 0 Å². The van der Waals surface area contributed by atoms with Crippen LogP contribution < -0.4 is 5.32 Å². The van der Waals surface area contributed by atoms with Gasteiger partial charge in [0, 0.05) is 19.0 Å². The smallest absolute Gasteiger partial charge is 0.253 e. The molecule has 2 aliphatic heterocycles. The summed E-state index contributed by atoms with van der Waals surface area (Å²) in [6.45, 7) is 1.36. The number of carbonyl (C=O) groups is 1. The first-order chi connectivity index (χ1) is 8.08. The molecule has 2 atom stereocenters. The molecule has 0 bridgehead atoms. The van der Waals surface area contributed by atoms with E-state index in [1.165, 1.54) is 0 Å². The molecule has 1 aromatic carbocycles. The molecule has 0 spiro atoms. The summed E-state index contributed by atoms with van der Waals surface area (Å²) >= 11 is 18.0. The number of carbonyl (C=O) groups excluding carboxylic acids is 1. The van der Waals surface area contributed by atoms with Crippen LogP contribution >= 0.6 is 35.0 Å². The first kappa shape index (κ1) is 11.6. The molecule has 6 heteroatoms. The molecule has 0 saturated carbocycles. The summed E-state index contributed by atoms with van der Waals surface area (Å²) in [4.78, 5) is 12.0. The molecule has 3 rings (SSSR count). The van der Waals surface area contributed by atoms with Crippen LogP contribution in [0, 0.1) is 0 Å². The second-order valence-corrected chi connectivity index (χ2v) is 5.60. The highest BCUT2D eigenvalue weighted by molar-refractivity contribution is 6.44. The SMILES string of the molecule is O=C1N[C@@H]2CN(Cl)C[C@H]2c2ccc(Cl)c(Cl)c21. The van der Waals surface area contributed by atoms with Crippen molar-refractivity contribution in [3.63, 3.8) is 0 Å². The molecular weight excluding hydrogens is 282 g/mol. The Kier molecular flexibility index (Phi) is 2.75. The van der Waals surface area contributed by atoms with Crippen LogP contribution in [-0.2, 0) is 0 Å². The van der Waals surface area contributed by atoms with Crippen molar-refractivity contribution < 1.29 is 4.79 Å². The summed E-state index contributed by atoms with van der Waals surface area (Å²) in [5, 5.41) is 3.65. The van der Waals surface area contributed by atoms with E-state index in [-0.39, 0.29) is 17.9 Å². The number of nitrogens with zero attached hydrogens (tertiary/aromatic N) is 1. The summed E-state index contributed by atoms with van der Waals surface area (Å²) in [7, 11) is 0.